The summed E-state index contributed by atoms with van der Waals surface area (Å²) in [6, 6.07) is 11.6. The number of halogens is 1. The van der Waals surface area contributed by atoms with Gasteiger partial charge in [-0.05, 0) is 30.3 Å². The first kappa shape index (κ1) is 17.7. The number of nitrogens with one attached hydrogen (secondary N) is 2. The van der Waals surface area contributed by atoms with Crippen LogP contribution in [0.15, 0.2) is 52.7 Å². The minimum atomic E-state index is -0.320. The molecule has 0 saturated carbocycles. The van der Waals surface area contributed by atoms with Gasteiger partial charge in [-0.25, -0.2) is 9.37 Å². The Morgan fingerprint density at radius 1 is 1.26 bits per heavy atom. The second-order valence-corrected chi connectivity index (χ2v) is 7.80. The Morgan fingerprint density at radius 3 is 3.00 bits per heavy atom. The van der Waals surface area contributed by atoms with E-state index >= 15 is 0 Å². The molecule has 0 bridgehead atoms. The van der Waals surface area contributed by atoms with Crippen molar-refractivity contribution in [3.05, 3.63) is 59.4 Å². The highest BCUT2D eigenvalue weighted by atomic mass is 32.2. The smallest absolute Gasteiger partial charge is 0.234 e. The first-order chi connectivity index (χ1) is 13.1. The fourth-order valence-electron chi connectivity index (χ4n) is 2.67. The Hall–Kier alpha value is -2.71. The van der Waals surface area contributed by atoms with E-state index in [1.54, 1.807) is 29.6 Å². The topological polar surface area (TPSA) is 71.1 Å². The Balaban J connectivity index is 1.43. The van der Waals surface area contributed by atoms with E-state index in [0.717, 1.165) is 4.90 Å². The molecule has 0 saturated heterocycles. The summed E-state index contributed by atoms with van der Waals surface area (Å²) in [7, 11) is 0. The Kier molecular flexibility index (Phi) is 4.91. The molecule has 5 nitrogen and oxygen atoms in total. The lowest BCUT2D eigenvalue weighted by Crippen LogP contribution is -2.19. The van der Waals surface area contributed by atoms with Crippen LogP contribution < -0.4 is 10.6 Å². The van der Waals surface area contributed by atoms with Crippen LogP contribution in [0.5, 0.6) is 0 Å². The first-order valence-corrected chi connectivity index (χ1v) is 10.0. The molecule has 2 aromatic carbocycles. The van der Waals surface area contributed by atoms with Crippen molar-refractivity contribution in [2.24, 2.45) is 0 Å². The standard InChI is InChI=1S/C19H14FN3O2S2/c20-12-3-1-2-11(6-12)19-22-14(9-27-19)8-17(24)21-13-4-5-16-15(7-13)23-18(25)10-26-16/h1-7,9H,8,10H2,(H,21,24)(H,23,25). The number of amides is 2. The number of nitrogens with zero attached hydrogens (tertiary/aromatic N) is 1. The normalized spacial score (nSPS) is 13.0. The first-order valence-electron chi connectivity index (χ1n) is 8.14. The SMILES string of the molecule is O=C(Cc1csc(-c2cccc(F)c2)n1)Nc1ccc2c(c1)NC(=O)CS2. The predicted molar refractivity (Wildman–Crippen MR) is 106 cm³/mol. The quantitative estimate of drug-likeness (QED) is 0.691. The zero-order valence-electron chi connectivity index (χ0n) is 14.0. The van der Waals surface area contributed by atoms with Gasteiger partial charge in [0.2, 0.25) is 11.8 Å². The van der Waals surface area contributed by atoms with Crippen molar-refractivity contribution in [3.8, 4) is 10.6 Å². The summed E-state index contributed by atoms with van der Waals surface area (Å²) in [6.45, 7) is 0. The Labute approximate surface area is 163 Å². The number of benzene rings is 2. The molecule has 0 aliphatic carbocycles. The van der Waals surface area contributed by atoms with Gasteiger partial charge in [-0.1, -0.05) is 12.1 Å². The molecule has 0 unspecified atom stereocenters. The number of carbonyl (C=O) groups is 2. The maximum Gasteiger partial charge on any atom is 0.234 e. The van der Waals surface area contributed by atoms with Crippen molar-refractivity contribution in [1.29, 1.82) is 0 Å². The van der Waals surface area contributed by atoms with Gasteiger partial charge in [0.25, 0.3) is 0 Å². The zero-order valence-corrected chi connectivity index (χ0v) is 15.6. The van der Waals surface area contributed by atoms with Crippen molar-refractivity contribution in [2.45, 2.75) is 11.3 Å². The number of thiazole rings is 1. The van der Waals surface area contributed by atoms with Gasteiger partial charge in [0.15, 0.2) is 0 Å². The van der Waals surface area contributed by atoms with E-state index in [2.05, 4.69) is 15.6 Å². The number of anilines is 2. The van der Waals surface area contributed by atoms with Gasteiger partial charge in [0, 0.05) is 21.5 Å². The van der Waals surface area contributed by atoms with Crippen molar-refractivity contribution >= 4 is 46.3 Å². The molecule has 0 atom stereocenters. The molecule has 2 amide bonds. The summed E-state index contributed by atoms with van der Waals surface area (Å²) < 4.78 is 13.3. The van der Waals surface area contributed by atoms with E-state index in [4.69, 9.17) is 0 Å². The monoisotopic (exact) mass is 399 g/mol. The maximum atomic E-state index is 13.3. The summed E-state index contributed by atoms with van der Waals surface area (Å²) in [5.74, 6) is -0.181. The number of carbonyl (C=O) groups excluding carboxylic acids is 2. The summed E-state index contributed by atoms with van der Waals surface area (Å²) >= 11 is 2.84. The lowest BCUT2D eigenvalue weighted by Gasteiger charge is -2.17. The molecule has 0 radical (unpaired) electrons. The van der Waals surface area contributed by atoms with E-state index in [9.17, 15) is 14.0 Å². The molecule has 2 N–H and O–H groups in total. The molecule has 2 heterocycles. The van der Waals surface area contributed by atoms with Crippen LogP contribution in [0.4, 0.5) is 15.8 Å². The van der Waals surface area contributed by atoms with E-state index in [-0.39, 0.29) is 24.1 Å². The summed E-state index contributed by atoms with van der Waals surface area (Å²) in [4.78, 5) is 29.2. The summed E-state index contributed by atoms with van der Waals surface area (Å²) in [5, 5.41) is 8.08. The number of thioether (sulfide) groups is 1. The van der Waals surface area contributed by atoms with Crippen LogP contribution >= 0.6 is 23.1 Å². The predicted octanol–water partition coefficient (Wildman–Crippen LogP) is 4.17. The van der Waals surface area contributed by atoms with Crippen LogP contribution in [0.1, 0.15) is 5.69 Å². The fraction of sp³-hybridized carbons (Fsp3) is 0.105. The van der Waals surface area contributed by atoms with Crippen molar-refractivity contribution in [2.75, 3.05) is 16.4 Å². The average molecular weight is 399 g/mol. The third-order valence-electron chi connectivity index (χ3n) is 3.86. The Morgan fingerprint density at radius 2 is 2.15 bits per heavy atom. The van der Waals surface area contributed by atoms with E-state index in [0.29, 0.717) is 33.4 Å². The van der Waals surface area contributed by atoms with Gasteiger partial charge in [-0.3, -0.25) is 9.59 Å². The van der Waals surface area contributed by atoms with Gasteiger partial charge in [0.1, 0.15) is 10.8 Å². The summed E-state index contributed by atoms with van der Waals surface area (Å²) in [6.07, 6.45) is 0.115. The summed E-state index contributed by atoms with van der Waals surface area (Å²) in [5.41, 5.74) is 2.63. The lowest BCUT2D eigenvalue weighted by atomic mass is 10.2. The Bertz CT molecular complexity index is 1040. The molecule has 1 aliphatic heterocycles. The highest BCUT2D eigenvalue weighted by molar-refractivity contribution is 8.00. The van der Waals surface area contributed by atoms with Gasteiger partial charge < -0.3 is 10.6 Å². The van der Waals surface area contributed by atoms with E-state index in [1.807, 2.05) is 6.07 Å². The largest absolute Gasteiger partial charge is 0.326 e. The van der Waals surface area contributed by atoms with Crippen LogP contribution in [-0.4, -0.2) is 22.6 Å². The molecule has 8 heteroatoms. The number of rotatable bonds is 4. The van der Waals surface area contributed by atoms with E-state index < -0.39 is 0 Å². The number of fused-ring (bicyclic) bond motifs is 1. The molecule has 0 fully saturated rings. The number of hydrogen-bond acceptors (Lipinski definition) is 5. The molecular formula is C19H14FN3O2S2. The third kappa shape index (κ3) is 4.17. The lowest BCUT2D eigenvalue weighted by molar-refractivity contribution is -0.115. The van der Waals surface area contributed by atoms with Gasteiger partial charge in [-0.15, -0.1) is 23.1 Å². The average Bonchev–Trinajstić information content (AvgIpc) is 3.09. The number of aromatic nitrogens is 1. The molecule has 1 aromatic heterocycles. The molecular weight excluding hydrogens is 385 g/mol. The molecule has 4 rings (SSSR count). The van der Waals surface area contributed by atoms with Crippen LogP contribution in [0.2, 0.25) is 0 Å². The zero-order chi connectivity index (χ0) is 18.8. The molecule has 1 aliphatic rings. The molecule has 3 aromatic rings. The molecule has 136 valence electrons. The van der Waals surface area contributed by atoms with Gasteiger partial charge in [-0.2, -0.15) is 0 Å². The van der Waals surface area contributed by atoms with Crippen molar-refractivity contribution < 1.29 is 14.0 Å². The molecule has 0 spiro atoms. The fourth-order valence-corrected chi connectivity index (χ4v) is 4.28. The van der Waals surface area contributed by atoms with Crippen LogP contribution in [0.3, 0.4) is 0 Å². The van der Waals surface area contributed by atoms with Crippen molar-refractivity contribution in [1.82, 2.24) is 4.98 Å². The highest BCUT2D eigenvalue weighted by Gasteiger charge is 2.16. The highest BCUT2D eigenvalue weighted by Crippen LogP contribution is 2.33. The molecule has 27 heavy (non-hydrogen) atoms. The third-order valence-corrected chi connectivity index (χ3v) is 5.87. The second kappa shape index (κ2) is 7.50. The maximum absolute atomic E-state index is 13.3. The van der Waals surface area contributed by atoms with Crippen LogP contribution in [0.25, 0.3) is 10.6 Å². The van der Waals surface area contributed by atoms with Crippen LogP contribution in [0, 0.1) is 5.82 Å². The minimum absolute atomic E-state index is 0.0525. The number of hydrogen-bond donors (Lipinski definition) is 2. The van der Waals surface area contributed by atoms with Crippen LogP contribution in [-0.2, 0) is 16.0 Å². The second-order valence-electron chi connectivity index (χ2n) is 5.93. The minimum Gasteiger partial charge on any atom is -0.326 e. The van der Waals surface area contributed by atoms with E-state index in [1.165, 1.54) is 35.2 Å². The van der Waals surface area contributed by atoms with Gasteiger partial charge in [0.05, 0.1) is 23.6 Å². The van der Waals surface area contributed by atoms with Crippen molar-refractivity contribution in [3.63, 3.8) is 0 Å². The van der Waals surface area contributed by atoms with Gasteiger partial charge >= 0.3 is 0 Å².